The number of aryl methyl sites for hydroxylation is 1. The lowest BCUT2D eigenvalue weighted by molar-refractivity contribution is 0.00578. The van der Waals surface area contributed by atoms with E-state index in [-0.39, 0.29) is 0 Å². The van der Waals surface area contributed by atoms with Gasteiger partial charge in [0.15, 0.2) is 0 Å². The molecule has 0 saturated carbocycles. The van der Waals surface area contributed by atoms with Gasteiger partial charge in [-0.2, -0.15) is 0 Å². The average Bonchev–Trinajstić information content (AvgIpc) is 2.58. The highest BCUT2D eigenvalue weighted by atomic mass is 16.7. The van der Waals surface area contributed by atoms with E-state index in [1.807, 2.05) is 61.5 Å². The van der Waals surface area contributed by atoms with E-state index < -0.39 is 30.0 Å². The van der Waals surface area contributed by atoms with Crippen molar-refractivity contribution in [3.05, 3.63) is 17.8 Å². The zero-order valence-electron chi connectivity index (χ0n) is 15.8. The molecule has 0 atom stereocenters. The maximum Gasteiger partial charge on any atom is 0.496 e. The summed E-state index contributed by atoms with van der Waals surface area (Å²) in [5.74, 6) is 0.463. The first-order valence-corrected chi connectivity index (χ1v) is 8.13. The third-order valence-electron chi connectivity index (χ3n) is 4.24. The second-order valence-electron chi connectivity index (χ2n) is 8.15. The highest BCUT2D eigenvalue weighted by Gasteiger charge is 2.51. The van der Waals surface area contributed by atoms with Crippen LogP contribution in [0.25, 0.3) is 0 Å². The van der Waals surface area contributed by atoms with Crippen LogP contribution in [0, 0.1) is 6.92 Å². The van der Waals surface area contributed by atoms with Crippen LogP contribution >= 0.6 is 0 Å². The molecule has 1 aliphatic heterocycles. The molecule has 6 nitrogen and oxygen atoms in total. The SMILES string of the molecule is Cc1cc(B2OC(C)(C)C(C)(C)O2)cnc1NC(=O)OC(C)(C)C. The van der Waals surface area contributed by atoms with Crippen LogP contribution in [-0.4, -0.2) is 35.0 Å². The molecule has 1 saturated heterocycles. The highest BCUT2D eigenvalue weighted by Crippen LogP contribution is 2.36. The van der Waals surface area contributed by atoms with Gasteiger partial charge in [0.1, 0.15) is 11.4 Å². The van der Waals surface area contributed by atoms with Crippen LogP contribution in [0.4, 0.5) is 10.6 Å². The van der Waals surface area contributed by atoms with E-state index in [9.17, 15) is 4.79 Å². The van der Waals surface area contributed by atoms with Gasteiger partial charge in [-0.1, -0.05) is 6.07 Å². The van der Waals surface area contributed by atoms with Gasteiger partial charge in [-0.3, -0.25) is 5.32 Å². The molecule has 0 aliphatic carbocycles. The Morgan fingerprint density at radius 1 is 1.21 bits per heavy atom. The maximum atomic E-state index is 11.9. The van der Waals surface area contributed by atoms with Gasteiger partial charge in [0.05, 0.1) is 11.2 Å². The Labute approximate surface area is 144 Å². The summed E-state index contributed by atoms with van der Waals surface area (Å²) >= 11 is 0. The molecule has 0 spiro atoms. The summed E-state index contributed by atoms with van der Waals surface area (Å²) in [4.78, 5) is 16.2. The fourth-order valence-corrected chi connectivity index (χ4v) is 2.24. The van der Waals surface area contributed by atoms with Crippen LogP contribution in [-0.2, 0) is 14.0 Å². The number of carbonyl (C=O) groups excluding carboxylic acids is 1. The molecule has 2 heterocycles. The number of nitrogens with one attached hydrogen (secondary N) is 1. The van der Waals surface area contributed by atoms with E-state index in [0.717, 1.165) is 11.0 Å². The summed E-state index contributed by atoms with van der Waals surface area (Å²) in [7, 11) is -0.475. The summed E-state index contributed by atoms with van der Waals surface area (Å²) < 4.78 is 17.3. The Kier molecular flexibility index (Phi) is 4.72. The van der Waals surface area contributed by atoms with Crippen LogP contribution < -0.4 is 10.8 Å². The molecular weight excluding hydrogens is 307 g/mol. The second-order valence-corrected chi connectivity index (χ2v) is 8.15. The zero-order chi connectivity index (χ0) is 18.3. The Bertz CT molecular complexity index is 622. The summed E-state index contributed by atoms with van der Waals surface area (Å²) in [6, 6.07) is 1.90. The fourth-order valence-electron chi connectivity index (χ4n) is 2.24. The van der Waals surface area contributed by atoms with Gasteiger partial charge in [0.2, 0.25) is 0 Å². The van der Waals surface area contributed by atoms with Crippen molar-refractivity contribution >= 4 is 24.5 Å². The molecule has 132 valence electrons. The quantitative estimate of drug-likeness (QED) is 0.842. The highest BCUT2D eigenvalue weighted by molar-refractivity contribution is 6.62. The first-order valence-electron chi connectivity index (χ1n) is 8.13. The number of pyridine rings is 1. The van der Waals surface area contributed by atoms with Crippen molar-refractivity contribution in [2.75, 3.05) is 5.32 Å². The molecule has 1 aromatic heterocycles. The summed E-state index contributed by atoms with van der Waals surface area (Å²) in [5.41, 5.74) is 0.271. The van der Waals surface area contributed by atoms with Crippen LogP contribution in [0.2, 0.25) is 0 Å². The van der Waals surface area contributed by atoms with Gasteiger partial charge in [-0.15, -0.1) is 0 Å². The number of nitrogens with zero attached hydrogens (tertiary/aromatic N) is 1. The molecule has 0 bridgehead atoms. The Morgan fingerprint density at radius 2 is 1.75 bits per heavy atom. The number of hydrogen-bond acceptors (Lipinski definition) is 5. The smallest absolute Gasteiger partial charge is 0.444 e. The molecule has 0 aromatic carbocycles. The minimum absolute atomic E-state index is 0.404. The number of hydrogen-bond donors (Lipinski definition) is 1. The molecule has 1 amide bonds. The largest absolute Gasteiger partial charge is 0.496 e. The van der Waals surface area contributed by atoms with Crippen LogP contribution in [0.3, 0.4) is 0 Å². The predicted molar refractivity (Wildman–Crippen MR) is 94.5 cm³/mol. The Balaban J connectivity index is 2.12. The predicted octanol–water partition coefficient (Wildman–Crippen LogP) is 3.04. The topological polar surface area (TPSA) is 69.7 Å². The van der Waals surface area contributed by atoms with Gasteiger partial charge in [0, 0.05) is 11.7 Å². The lowest BCUT2D eigenvalue weighted by atomic mass is 9.80. The lowest BCUT2D eigenvalue weighted by Gasteiger charge is -2.32. The zero-order valence-corrected chi connectivity index (χ0v) is 15.8. The van der Waals surface area contributed by atoms with Crippen molar-refractivity contribution < 1.29 is 18.8 Å². The molecule has 1 aliphatic rings. The van der Waals surface area contributed by atoms with E-state index in [0.29, 0.717) is 5.82 Å². The van der Waals surface area contributed by atoms with Crippen molar-refractivity contribution in [3.63, 3.8) is 0 Å². The number of ether oxygens (including phenoxy) is 1. The monoisotopic (exact) mass is 334 g/mol. The number of aromatic nitrogens is 1. The van der Waals surface area contributed by atoms with Crippen LogP contribution in [0.15, 0.2) is 12.3 Å². The number of rotatable bonds is 2. The van der Waals surface area contributed by atoms with E-state index in [4.69, 9.17) is 14.0 Å². The molecular formula is C17H27BN2O4. The number of anilines is 1. The first kappa shape index (κ1) is 18.7. The fraction of sp³-hybridized carbons (Fsp3) is 0.647. The van der Waals surface area contributed by atoms with Crippen molar-refractivity contribution in [2.24, 2.45) is 0 Å². The van der Waals surface area contributed by atoms with Crippen molar-refractivity contribution in [1.82, 2.24) is 4.98 Å². The third kappa shape index (κ3) is 4.08. The van der Waals surface area contributed by atoms with E-state index in [1.165, 1.54) is 0 Å². The molecule has 24 heavy (non-hydrogen) atoms. The van der Waals surface area contributed by atoms with Gasteiger partial charge in [-0.25, -0.2) is 9.78 Å². The first-order chi connectivity index (χ1) is 10.8. The lowest BCUT2D eigenvalue weighted by Crippen LogP contribution is -2.41. The minimum Gasteiger partial charge on any atom is -0.444 e. The summed E-state index contributed by atoms with van der Waals surface area (Å²) in [6.45, 7) is 15.3. The number of amides is 1. The van der Waals surface area contributed by atoms with Gasteiger partial charge in [0.25, 0.3) is 0 Å². The van der Waals surface area contributed by atoms with Crippen molar-refractivity contribution in [2.45, 2.75) is 72.2 Å². The number of carbonyl (C=O) groups is 1. The van der Waals surface area contributed by atoms with Crippen molar-refractivity contribution in [3.8, 4) is 0 Å². The third-order valence-corrected chi connectivity index (χ3v) is 4.24. The van der Waals surface area contributed by atoms with Gasteiger partial charge in [-0.05, 0) is 61.0 Å². The normalized spacial score (nSPS) is 19.2. The molecule has 1 N–H and O–H groups in total. The molecule has 0 radical (unpaired) electrons. The second kappa shape index (κ2) is 6.04. The van der Waals surface area contributed by atoms with Crippen LogP contribution in [0.1, 0.15) is 54.0 Å². The Morgan fingerprint density at radius 3 is 2.21 bits per heavy atom. The van der Waals surface area contributed by atoms with Crippen LogP contribution in [0.5, 0.6) is 0 Å². The molecule has 1 fully saturated rings. The van der Waals surface area contributed by atoms with E-state index in [2.05, 4.69) is 10.3 Å². The standard InChI is InChI=1S/C17H27BN2O4/c1-11-9-12(18-23-16(5,6)17(7,8)24-18)10-19-13(11)20-14(21)22-15(2,3)4/h9-10H,1-8H3,(H,19,20,21). The minimum atomic E-state index is -0.555. The molecule has 1 aromatic rings. The Hall–Kier alpha value is -1.60. The van der Waals surface area contributed by atoms with Crippen molar-refractivity contribution in [1.29, 1.82) is 0 Å². The van der Waals surface area contributed by atoms with Gasteiger partial charge >= 0.3 is 13.2 Å². The molecule has 0 unspecified atom stereocenters. The molecule has 7 heteroatoms. The average molecular weight is 334 g/mol. The van der Waals surface area contributed by atoms with E-state index >= 15 is 0 Å². The van der Waals surface area contributed by atoms with Gasteiger partial charge < -0.3 is 14.0 Å². The molecule has 2 rings (SSSR count). The maximum absolute atomic E-state index is 11.9. The summed E-state index contributed by atoms with van der Waals surface area (Å²) in [6.07, 6.45) is 1.13. The summed E-state index contributed by atoms with van der Waals surface area (Å²) in [5, 5.41) is 2.66. The van der Waals surface area contributed by atoms with E-state index in [1.54, 1.807) is 6.20 Å².